The maximum atomic E-state index is 12.7. The van der Waals surface area contributed by atoms with Crippen LogP contribution in [0.15, 0.2) is 55.1 Å². The van der Waals surface area contributed by atoms with Gasteiger partial charge in [0.2, 0.25) is 0 Å². The minimum Gasteiger partial charge on any atom is -0.270 e. The lowest BCUT2D eigenvalue weighted by molar-refractivity contribution is 0.0598. The molecule has 0 atom stereocenters. The number of nitrogens with zero attached hydrogens (tertiary/aromatic N) is 3. The van der Waals surface area contributed by atoms with Crippen molar-refractivity contribution in [3.05, 3.63) is 71.8 Å². The van der Waals surface area contributed by atoms with Crippen molar-refractivity contribution >= 4 is 22.6 Å². The first-order chi connectivity index (χ1) is 10.8. The van der Waals surface area contributed by atoms with Gasteiger partial charge in [0, 0.05) is 34.5 Å². The maximum absolute atomic E-state index is 12.7. The van der Waals surface area contributed by atoms with Gasteiger partial charge in [0.05, 0.1) is 6.54 Å². The molecule has 0 bridgehead atoms. The Hall–Kier alpha value is -3.08. The summed E-state index contributed by atoms with van der Waals surface area (Å²) in [6, 6.07) is 11.0. The van der Waals surface area contributed by atoms with Gasteiger partial charge in [-0.1, -0.05) is 24.3 Å². The van der Waals surface area contributed by atoms with E-state index in [-0.39, 0.29) is 18.4 Å². The number of amides is 2. The molecule has 0 fully saturated rings. The lowest BCUT2D eigenvalue weighted by Gasteiger charge is -2.27. The summed E-state index contributed by atoms with van der Waals surface area (Å²) >= 11 is 0. The van der Waals surface area contributed by atoms with Crippen molar-refractivity contribution in [3.63, 3.8) is 0 Å². The number of carbonyl (C=O) groups is 2. The van der Waals surface area contributed by atoms with Crippen LogP contribution in [0.4, 0.5) is 0 Å². The van der Waals surface area contributed by atoms with Crippen LogP contribution in [0.5, 0.6) is 0 Å². The number of carbonyl (C=O) groups excluding carboxylic acids is 2. The molecule has 1 aromatic heterocycles. The van der Waals surface area contributed by atoms with Crippen molar-refractivity contribution in [1.29, 1.82) is 0 Å². The summed E-state index contributed by atoms with van der Waals surface area (Å²) < 4.78 is 0. The Morgan fingerprint density at radius 3 is 2.05 bits per heavy atom. The summed E-state index contributed by atoms with van der Waals surface area (Å²) in [6.07, 6.45) is 4.63. The molecule has 0 aliphatic carbocycles. The van der Waals surface area contributed by atoms with Gasteiger partial charge < -0.3 is 0 Å². The summed E-state index contributed by atoms with van der Waals surface area (Å²) in [5.74, 6) is -0.559. The highest BCUT2D eigenvalue weighted by Crippen LogP contribution is 2.30. The number of imide groups is 1. The molecule has 0 saturated carbocycles. The van der Waals surface area contributed by atoms with E-state index in [2.05, 4.69) is 9.97 Å². The van der Waals surface area contributed by atoms with Crippen molar-refractivity contribution in [2.45, 2.75) is 6.54 Å². The number of hydrogen-bond donors (Lipinski definition) is 0. The van der Waals surface area contributed by atoms with Crippen molar-refractivity contribution < 1.29 is 9.59 Å². The molecule has 106 valence electrons. The van der Waals surface area contributed by atoms with E-state index in [0.29, 0.717) is 11.1 Å². The average Bonchev–Trinajstić information content (AvgIpc) is 2.57. The first kappa shape index (κ1) is 12.6. The lowest BCUT2D eigenvalue weighted by Crippen LogP contribution is -2.39. The fourth-order valence-corrected chi connectivity index (χ4v) is 2.82. The molecule has 1 aliphatic rings. The van der Waals surface area contributed by atoms with Crippen LogP contribution in [0, 0.1) is 0 Å². The van der Waals surface area contributed by atoms with Crippen molar-refractivity contribution in [2.75, 3.05) is 0 Å². The van der Waals surface area contributed by atoms with Crippen LogP contribution in [-0.2, 0) is 6.54 Å². The predicted octanol–water partition coefficient (Wildman–Crippen LogP) is 2.43. The average molecular weight is 289 g/mol. The van der Waals surface area contributed by atoms with Gasteiger partial charge in [0.25, 0.3) is 11.8 Å². The topological polar surface area (TPSA) is 63.2 Å². The quantitative estimate of drug-likeness (QED) is 0.680. The van der Waals surface area contributed by atoms with Gasteiger partial charge in [-0.05, 0) is 17.5 Å². The molecular weight excluding hydrogens is 278 g/mol. The number of aromatic nitrogens is 2. The van der Waals surface area contributed by atoms with Crippen LogP contribution in [0.2, 0.25) is 0 Å². The first-order valence-corrected chi connectivity index (χ1v) is 6.87. The van der Waals surface area contributed by atoms with Gasteiger partial charge in [-0.25, -0.2) is 9.97 Å². The maximum Gasteiger partial charge on any atom is 0.261 e. The second-order valence-corrected chi connectivity index (χ2v) is 5.15. The smallest absolute Gasteiger partial charge is 0.261 e. The highest BCUT2D eigenvalue weighted by Gasteiger charge is 2.32. The van der Waals surface area contributed by atoms with Crippen LogP contribution in [0.1, 0.15) is 26.3 Å². The van der Waals surface area contributed by atoms with Gasteiger partial charge in [-0.3, -0.25) is 14.5 Å². The second kappa shape index (κ2) is 4.73. The largest absolute Gasteiger partial charge is 0.270 e. The van der Waals surface area contributed by atoms with Crippen LogP contribution in [0.25, 0.3) is 10.8 Å². The lowest BCUT2D eigenvalue weighted by atomic mass is 9.94. The normalized spacial score (nSPS) is 13.7. The minimum atomic E-state index is -0.279. The SMILES string of the molecule is O=C1c2cccc3cccc(c23)C(=O)N1Cc1cncnc1. The first-order valence-electron chi connectivity index (χ1n) is 6.87. The van der Waals surface area contributed by atoms with Gasteiger partial charge >= 0.3 is 0 Å². The zero-order chi connectivity index (χ0) is 15.1. The fraction of sp³-hybridized carbons (Fsp3) is 0.0588. The van der Waals surface area contributed by atoms with E-state index in [0.717, 1.165) is 16.3 Å². The summed E-state index contributed by atoms with van der Waals surface area (Å²) in [5, 5.41) is 1.64. The zero-order valence-corrected chi connectivity index (χ0v) is 11.6. The fourth-order valence-electron chi connectivity index (χ4n) is 2.82. The summed E-state index contributed by atoms with van der Waals surface area (Å²) in [5.41, 5.74) is 1.84. The molecule has 2 heterocycles. The van der Waals surface area contributed by atoms with Crippen molar-refractivity contribution in [1.82, 2.24) is 14.9 Å². The van der Waals surface area contributed by atoms with Gasteiger partial charge in [0.15, 0.2) is 0 Å². The predicted molar refractivity (Wildman–Crippen MR) is 80.2 cm³/mol. The molecule has 0 N–H and O–H groups in total. The van der Waals surface area contributed by atoms with Crippen LogP contribution in [0.3, 0.4) is 0 Å². The Bertz CT molecular complexity index is 855. The third-order valence-corrected chi connectivity index (χ3v) is 3.81. The molecule has 22 heavy (non-hydrogen) atoms. The van der Waals surface area contributed by atoms with Crippen LogP contribution in [-0.4, -0.2) is 26.7 Å². The van der Waals surface area contributed by atoms with E-state index in [1.54, 1.807) is 24.5 Å². The minimum absolute atomic E-state index is 0.170. The molecule has 2 amide bonds. The number of hydrogen-bond acceptors (Lipinski definition) is 4. The molecule has 0 spiro atoms. The van der Waals surface area contributed by atoms with E-state index in [1.165, 1.54) is 11.2 Å². The molecule has 0 unspecified atom stereocenters. The Labute approximate surface area is 126 Å². The second-order valence-electron chi connectivity index (χ2n) is 5.15. The molecule has 4 rings (SSSR count). The van der Waals surface area contributed by atoms with E-state index in [9.17, 15) is 9.59 Å². The third-order valence-electron chi connectivity index (χ3n) is 3.81. The molecule has 2 aromatic carbocycles. The van der Waals surface area contributed by atoms with E-state index < -0.39 is 0 Å². The Kier molecular flexibility index (Phi) is 2.72. The van der Waals surface area contributed by atoms with E-state index >= 15 is 0 Å². The summed E-state index contributed by atoms with van der Waals surface area (Å²) in [7, 11) is 0. The standard InChI is InChI=1S/C17H11N3O2/c21-16-13-5-1-3-12-4-2-6-14(15(12)13)17(22)20(16)9-11-7-18-10-19-8-11/h1-8,10H,9H2. The molecule has 1 aliphatic heterocycles. The van der Waals surface area contributed by atoms with Gasteiger partial charge in [0.1, 0.15) is 6.33 Å². The summed E-state index contributed by atoms with van der Waals surface area (Å²) in [4.78, 5) is 34.5. The van der Waals surface area contributed by atoms with Crippen LogP contribution < -0.4 is 0 Å². The van der Waals surface area contributed by atoms with Crippen molar-refractivity contribution in [3.8, 4) is 0 Å². The Morgan fingerprint density at radius 2 is 1.45 bits per heavy atom. The summed E-state index contributed by atoms with van der Waals surface area (Å²) in [6.45, 7) is 0.170. The number of rotatable bonds is 2. The third kappa shape index (κ3) is 1.79. The molecule has 3 aromatic rings. The Balaban J connectivity index is 1.85. The molecular formula is C17H11N3O2. The molecule has 5 heteroatoms. The molecule has 0 radical (unpaired) electrons. The monoisotopic (exact) mass is 289 g/mol. The van der Waals surface area contributed by atoms with Gasteiger partial charge in [-0.15, -0.1) is 0 Å². The Morgan fingerprint density at radius 1 is 0.864 bits per heavy atom. The zero-order valence-electron chi connectivity index (χ0n) is 11.6. The number of benzene rings is 2. The molecule has 5 nitrogen and oxygen atoms in total. The van der Waals surface area contributed by atoms with Gasteiger partial charge in [-0.2, -0.15) is 0 Å². The van der Waals surface area contributed by atoms with Crippen LogP contribution >= 0.6 is 0 Å². The highest BCUT2D eigenvalue weighted by atomic mass is 16.2. The van der Waals surface area contributed by atoms with E-state index in [4.69, 9.17) is 0 Å². The highest BCUT2D eigenvalue weighted by molar-refractivity contribution is 6.25. The molecule has 0 saturated heterocycles. The van der Waals surface area contributed by atoms with E-state index in [1.807, 2.05) is 24.3 Å². The van der Waals surface area contributed by atoms with Crippen molar-refractivity contribution in [2.24, 2.45) is 0 Å².